The van der Waals surface area contributed by atoms with Gasteiger partial charge in [-0.3, -0.25) is 0 Å². The van der Waals surface area contributed by atoms with Crippen LogP contribution < -0.4 is 0 Å². The van der Waals surface area contributed by atoms with Crippen LogP contribution in [0.2, 0.25) is 0 Å². The van der Waals surface area contributed by atoms with Gasteiger partial charge in [0.1, 0.15) is 0 Å². The fraction of sp³-hybridized carbons (Fsp3) is 0.652. The Labute approximate surface area is 303 Å². The molecule has 4 nitrogen and oxygen atoms in total. The highest BCUT2D eigenvalue weighted by molar-refractivity contribution is 5.67. The molecule has 2 heterocycles. The Hall–Kier alpha value is -2.24. The average Bonchev–Trinajstić information content (AvgIpc) is 3.83. The molecule has 8 rings (SSSR count). The lowest BCUT2D eigenvalue weighted by atomic mass is 9.72. The largest absolute Gasteiger partial charge is 0.348 e. The minimum atomic E-state index is -0.202. The van der Waals surface area contributed by atoms with Crippen molar-refractivity contribution in [2.24, 2.45) is 23.7 Å². The van der Waals surface area contributed by atoms with Gasteiger partial charge in [0.25, 0.3) is 0 Å². The maximum absolute atomic E-state index is 5.88. The van der Waals surface area contributed by atoms with Crippen LogP contribution in [0.3, 0.4) is 0 Å². The molecule has 2 saturated carbocycles. The third kappa shape index (κ3) is 8.85. The summed E-state index contributed by atoms with van der Waals surface area (Å²) >= 11 is 0. The molecule has 0 radical (unpaired) electrons. The van der Waals surface area contributed by atoms with Gasteiger partial charge in [-0.25, -0.2) is 0 Å². The number of benzene rings is 2. The summed E-state index contributed by atoms with van der Waals surface area (Å²) in [6, 6.07) is 18.6. The van der Waals surface area contributed by atoms with Gasteiger partial charge in [0, 0.05) is 25.7 Å². The van der Waals surface area contributed by atoms with E-state index in [1.54, 1.807) is 11.1 Å². The molecule has 4 aliphatic carbocycles. The van der Waals surface area contributed by atoms with Gasteiger partial charge in [-0.05, 0) is 134 Å². The smallest absolute Gasteiger partial charge is 0.168 e. The van der Waals surface area contributed by atoms with Crippen LogP contribution in [0.4, 0.5) is 0 Å². The van der Waals surface area contributed by atoms with E-state index in [0.29, 0.717) is 0 Å². The Morgan fingerprint density at radius 1 is 0.480 bits per heavy atom. The highest BCUT2D eigenvalue weighted by Gasteiger charge is 2.43. The fourth-order valence-corrected chi connectivity index (χ4v) is 10.1. The van der Waals surface area contributed by atoms with Crippen LogP contribution in [0.5, 0.6) is 0 Å². The molecule has 272 valence electrons. The molecule has 4 fully saturated rings. The molecule has 2 unspecified atom stereocenters. The number of rotatable bonds is 8. The van der Waals surface area contributed by atoms with Crippen molar-refractivity contribution in [3.63, 3.8) is 0 Å². The second-order valence-electron chi connectivity index (χ2n) is 16.3. The van der Waals surface area contributed by atoms with Crippen molar-refractivity contribution in [1.82, 2.24) is 0 Å². The van der Waals surface area contributed by atoms with Crippen LogP contribution in [0.1, 0.15) is 139 Å². The predicted molar refractivity (Wildman–Crippen MR) is 205 cm³/mol. The Bertz CT molecular complexity index is 1280. The summed E-state index contributed by atoms with van der Waals surface area (Å²) in [6.45, 7) is 7.65. The van der Waals surface area contributed by atoms with Crippen LogP contribution in [0.25, 0.3) is 11.1 Å². The molecule has 2 aliphatic heterocycles. The van der Waals surface area contributed by atoms with Gasteiger partial charge in [-0.15, -0.1) is 0 Å². The first-order valence-corrected chi connectivity index (χ1v) is 20.7. The lowest BCUT2D eigenvalue weighted by Crippen LogP contribution is -2.37. The molecule has 0 bridgehead atoms. The lowest BCUT2D eigenvalue weighted by molar-refractivity contribution is -0.185. The van der Waals surface area contributed by atoms with Crippen LogP contribution in [-0.4, -0.2) is 38.0 Å². The van der Waals surface area contributed by atoms with Crippen LogP contribution in [0, 0.1) is 23.7 Å². The van der Waals surface area contributed by atoms with Crippen LogP contribution >= 0.6 is 0 Å². The molecule has 4 heteroatoms. The maximum Gasteiger partial charge on any atom is 0.168 e. The van der Waals surface area contributed by atoms with Crippen molar-refractivity contribution in [3.05, 3.63) is 82.9 Å². The zero-order valence-electron chi connectivity index (χ0n) is 31.3. The van der Waals surface area contributed by atoms with E-state index in [4.69, 9.17) is 18.9 Å². The average molecular weight is 681 g/mol. The summed E-state index contributed by atoms with van der Waals surface area (Å²) in [5.74, 6) is 3.05. The minimum Gasteiger partial charge on any atom is -0.348 e. The fourth-order valence-electron chi connectivity index (χ4n) is 10.1. The summed E-state index contributed by atoms with van der Waals surface area (Å²) < 4.78 is 23.5. The molecule has 2 aromatic rings. The van der Waals surface area contributed by atoms with Gasteiger partial charge < -0.3 is 18.9 Å². The van der Waals surface area contributed by atoms with Crippen molar-refractivity contribution >= 4 is 11.1 Å². The van der Waals surface area contributed by atoms with E-state index in [9.17, 15) is 0 Å². The van der Waals surface area contributed by atoms with Gasteiger partial charge in [-0.1, -0.05) is 87.4 Å². The number of allylic oxidation sites excluding steroid dienone is 4. The van der Waals surface area contributed by atoms with Gasteiger partial charge in [0.15, 0.2) is 11.6 Å². The van der Waals surface area contributed by atoms with Crippen molar-refractivity contribution in [3.8, 4) is 0 Å². The lowest BCUT2D eigenvalue weighted by Gasteiger charge is -2.39. The molecule has 0 aromatic heterocycles. The summed E-state index contributed by atoms with van der Waals surface area (Å²) in [7, 11) is 0. The maximum atomic E-state index is 5.88. The van der Waals surface area contributed by atoms with E-state index in [2.05, 4.69) is 74.5 Å². The molecule has 50 heavy (non-hydrogen) atoms. The summed E-state index contributed by atoms with van der Waals surface area (Å²) in [5.41, 5.74) is 8.94. The third-order valence-corrected chi connectivity index (χ3v) is 13.2. The van der Waals surface area contributed by atoms with Crippen molar-refractivity contribution in [2.75, 3.05) is 26.4 Å². The first kappa shape index (κ1) is 36.1. The molecule has 2 aromatic carbocycles. The SMILES string of the molecule is CCCc1ccc(C2=CCC(C3CCC4(CC3)OCCO4)CC2)cc1.CCCc1ccc(C2=CCC(C3CCC4(CC3)OCCO4)CC2)cc1. The summed E-state index contributed by atoms with van der Waals surface area (Å²) in [5, 5.41) is 0. The predicted octanol–water partition coefficient (Wildman–Crippen LogP) is 11.5. The Kier molecular flexibility index (Phi) is 12.3. The van der Waals surface area contributed by atoms with E-state index in [0.717, 1.165) is 75.8 Å². The number of ether oxygens (including phenoxy) is 4. The standard InChI is InChI=1S/2C23H32O2/c2*1-2-3-18-4-6-19(7-5-18)20-8-10-21(11-9-20)22-12-14-23(15-13-22)24-16-17-25-23/h2*4-8,21-22H,2-3,9-17H2,1H3. The summed E-state index contributed by atoms with van der Waals surface area (Å²) in [6.07, 6.45) is 27.1. The van der Waals surface area contributed by atoms with Gasteiger partial charge >= 0.3 is 0 Å². The zero-order chi connectivity index (χ0) is 34.2. The van der Waals surface area contributed by atoms with Crippen molar-refractivity contribution in [2.45, 2.75) is 141 Å². The van der Waals surface area contributed by atoms with Crippen molar-refractivity contribution < 1.29 is 18.9 Å². The van der Waals surface area contributed by atoms with E-state index < -0.39 is 0 Å². The second kappa shape index (κ2) is 17.1. The first-order valence-electron chi connectivity index (χ1n) is 20.7. The highest BCUT2D eigenvalue weighted by Crippen LogP contribution is 2.46. The molecule has 0 N–H and O–H groups in total. The monoisotopic (exact) mass is 680 g/mol. The van der Waals surface area contributed by atoms with E-state index in [1.807, 2.05) is 0 Å². The first-order chi connectivity index (χ1) is 24.6. The molecule has 0 amide bonds. The van der Waals surface area contributed by atoms with Gasteiger partial charge in [0.2, 0.25) is 0 Å². The molecule has 2 spiro atoms. The quantitative estimate of drug-likeness (QED) is 0.278. The highest BCUT2D eigenvalue weighted by atomic mass is 16.7. The van der Waals surface area contributed by atoms with E-state index >= 15 is 0 Å². The number of hydrogen-bond acceptors (Lipinski definition) is 4. The number of hydrogen-bond donors (Lipinski definition) is 0. The van der Waals surface area contributed by atoms with Crippen LogP contribution in [-0.2, 0) is 31.8 Å². The topological polar surface area (TPSA) is 36.9 Å². The van der Waals surface area contributed by atoms with Gasteiger partial charge in [-0.2, -0.15) is 0 Å². The van der Waals surface area contributed by atoms with Gasteiger partial charge in [0.05, 0.1) is 26.4 Å². The second-order valence-corrected chi connectivity index (χ2v) is 16.3. The van der Waals surface area contributed by atoms with E-state index in [1.165, 1.54) is 112 Å². The molecular weight excluding hydrogens is 617 g/mol. The van der Waals surface area contributed by atoms with E-state index in [-0.39, 0.29) is 11.6 Å². The zero-order valence-corrected chi connectivity index (χ0v) is 31.3. The Balaban J connectivity index is 0.000000157. The number of aryl methyl sites for hydroxylation is 2. The van der Waals surface area contributed by atoms with Crippen molar-refractivity contribution in [1.29, 1.82) is 0 Å². The Morgan fingerprint density at radius 2 is 0.840 bits per heavy atom. The normalized spacial score (nSPS) is 27.8. The van der Waals surface area contributed by atoms with Crippen LogP contribution in [0.15, 0.2) is 60.7 Å². The minimum absolute atomic E-state index is 0.202. The molecule has 2 saturated heterocycles. The third-order valence-electron chi connectivity index (χ3n) is 13.2. The molecule has 6 aliphatic rings. The molecule has 2 atom stereocenters. The molecular formula is C46H64O4. The summed E-state index contributed by atoms with van der Waals surface area (Å²) in [4.78, 5) is 0. The Morgan fingerprint density at radius 3 is 1.14 bits per heavy atom.